The minimum Gasteiger partial charge on any atom is -0.312 e. The summed E-state index contributed by atoms with van der Waals surface area (Å²) in [6, 6.07) is 0. The Labute approximate surface area is 84.5 Å². The van der Waals surface area contributed by atoms with Crippen molar-refractivity contribution >= 4 is 13.4 Å². The number of carbonyl (C=O) groups excluding carboxylic acids is 1. The summed E-state index contributed by atoms with van der Waals surface area (Å²) >= 11 is 0. The van der Waals surface area contributed by atoms with Gasteiger partial charge in [-0.1, -0.05) is 12.8 Å². The van der Waals surface area contributed by atoms with Crippen LogP contribution in [0.5, 0.6) is 0 Å². The van der Waals surface area contributed by atoms with Crippen molar-refractivity contribution in [3.8, 4) is 11.8 Å². The van der Waals surface area contributed by atoms with Gasteiger partial charge in [-0.15, -0.1) is 0 Å². The molecule has 0 aliphatic heterocycles. The molecule has 0 aromatic heterocycles. The van der Waals surface area contributed by atoms with Gasteiger partial charge in [0.2, 0.25) is 5.78 Å². The van der Waals surface area contributed by atoms with Crippen LogP contribution in [0.4, 0.5) is 0 Å². The van der Waals surface area contributed by atoms with Crippen molar-refractivity contribution in [2.45, 2.75) is 19.8 Å². The second-order valence-corrected chi connectivity index (χ2v) is 4.88. The van der Waals surface area contributed by atoms with Gasteiger partial charge in [0.15, 0.2) is 0 Å². The lowest BCUT2D eigenvalue weighted by Crippen LogP contribution is -2.05. The Bertz CT molecular complexity index is 279. The summed E-state index contributed by atoms with van der Waals surface area (Å²) in [6.45, 7) is 1.97. The number of unbranched alkanes of at least 4 members (excludes halogenated alkanes) is 1. The van der Waals surface area contributed by atoms with E-state index in [0.29, 0.717) is 6.42 Å². The molecule has 0 N–H and O–H groups in total. The molecule has 0 saturated heterocycles. The highest BCUT2D eigenvalue weighted by molar-refractivity contribution is 7.54. The van der Waals surface area contributed by atoms with Gasteiger partial charge in [-0.05, 0) is 12.3 Å². The second kappa shape index (κ2) is 6.78. The molecule has 0 saturated carbocycles. The predicted molar refractivity (Wildman–Crippen MR) is 54.2 cm³/mol. The van der Waals surface area contributed by atoms with Gasteiger partial charge in [0, 0.05) is 20.6 Å². The lowest BCUT2D eigenvalue weighted by molar-refractivity contribution is -0.111. The van der Waals surface area contributed by atoms with Crippen LogP contribution in [0.3, 0.4) is 0 Å². The maximum absolute atomic E-state index is 11.5. The first-order valence-corrected chi connectivity index (χ1v) is 6.03. The Balaban J connectivity index is 4.20. The van der Waals surface area contributed by atoms with Crippen molar-refractivity contribution in [1.29, 1.82) is 0 Å². The molecule has 0 amide bonds. The molecule has 14 heavy (non-hydrogen) atoms. The minimum atomic E-state index is -3.24. The molecule has 0 atom stereocenters. The summed E-state index contributed by atoms with van der Waals surface area (Å²) in [5.74, 6) is 4.65. The third-order valence-electron chi connectivity index (χ3n) is 1.50. The molecule has 80 valence electrons. The summed E-state index contributed by atoms with van der Waals surface area (Å²) in [6.07, 6.45) is 1.28. The fraction of sp³-hybridized carbons (Fsp3) is 0.667. The topological polar surface area (TPSA) is 52.6 Å². The van der Waals surface area contributed by atoms with Gasteiger partial charge in [-0.25, -0.2) is 0 Å². The van der Waals surface area contributed by atoms with Gasteiger partial charge in [0.05, 0.1) is 0 Å². The summed E-state index contributed by atoms with van der Waals surface area (Å²) in [7, 11) is -0.744. The summed E-state index contributed by atoms with van der Waals surface area (Å²) in [5, 5.41) is 0. The Hall–Kier alpha value is -0.620. The number of Topliss-reactive ketones (excluding diaryl/α,β-unsaturated/α-hetero) is 1. The normalized spacial score (nSPS) is 10.5. The van der Waals surface area contributed by atoms with Crippen LogP contribution in [0, 0.1) is 11.8 Å². The Kier molecular flexibility index (Phi) is 6.48. The lowest BCUT2D eigenvalue weighted by Gasteiger charge is -2.10. The van der Waals surface area contributed by atoms with Gasteiger partial charge in [0.25, 0.3) is 0 Å². The predicted octanol–water partition coefficient (Wildman–Crippen LogP) is 1.84. The maximum Gasteiger partial charge on any atom is 0.338 e. The molecule has 0 aromatic carbocycles. The van der Waals surface area contributed by atoms with Crippen LogP contribution in [0.2, 0.25) is 0 Å². The monoisotopic (exact) mass is 218 g/mol. The van der Waals surface area contributed by atoms with E-state index < -0.39 is 13.4 Å². The zero-order valence-corrected chi connectivity index (χ0v) is 9.60. The van der Waals surface area contributed by atoms with Gasteiger partial charge in [-0.3, -0.25) is 9.36 Å². The molecular weight excluding hydrogens is 203 g/mol. The first-order chi connectivity index (χ1) is 6.58. The number of hydrogen-bond donors (Lipinski definition) is 0. The molecule has 0 radical (unpaired) electrons. The van der Waals surface area contributed by atoms with E-state index in [0.717, 1.165) is 6.42 Å². The zero-order chi connectivity index (χ0) is 11.0. The summed E-state index contributed by atoms with van der Waals surface area (Å²) in [4.78, 5) is 11.1. The fourth-order valence-electron chi connectivity index (χ4n) is 0.705. The summed E-state index contributed by atoms with van der Waals surface area (Å²) < 4.78 is 20.7. The smallest absolute Gasteiger partial charge is 0.312 e. The SMILES string of the molecule is CCCC#CC(=O)CP(=O)(OC)OC. The van der Waals surface area contributed by atoms with Gasteiger partial charge in [0.1, 0.15) is 6.16 Å². The Morgan fingerprint density at radius 1 is 1.36 bits per heavy atom. The molecular formula is C9H15O4P. The van der Waals surface area contributed by atoms with Crippen LogP contribution >= 0.6 is 7.60 Å². The number of ketones is 1. The third kappa shape index (κ3) is 5.18. The number of rotatable bonds is 5. The van der Waals surface area contributed by atoms with Crippen LogP contribution in [0.25, 0.3) is 0 Å². The minimum absolute atomic E-state index is 0.281. The first kappa shape index (κ1) is 13.4. The Morgan fingerprint density at radius 2 is 1.93 bits per heavy atom. The van der Waals surface area contributed by atoms with E-state index >= 15 is 0 Å². The third-order valence-corrected chi connectivity index (χ3v) is 3.28. The zero-order valence-electron chi connectivity index (χ0n) is 8.70. The van der Waals surface area contributed by atoms with Crippen LogP contribution in [0.1, 0.15) is 19.8 Å². The molecule has 0 aromatic rings. The molecule has 5 heteroatoms. The number of hydrogen-bond acceptors (Lipinski definition) is 4. The average molecular weight is 218 g/mol. The van der Waals surface area contributed by atoms with E-state index in [4.69, 9.17) is 0 Å². The summed E-state index contributed by atoms with van der Waals surface area (Å²) in [5.41, 5.74) is 0. The van der Waals surface area contributed by atoms with E-state index in [1.54, 1.807) is 0 Å². The van der Waals surface area contributed by atoms with E-state index in [2.05, 4.69) is 20.9 Å². The van der Waals surface area contributed by atoms with Gasteiger partial charge < -0.3 is 9.05 Å². The van der Waals surface area contributed by atoms with Crippen molar-refractivity contribution in [3.05, 3.63) is 0 Å². The van der Waals surface area contributed by atoms with Crippen molar-refractivity contribution in [1.82, 2.24) is 0 Å². The Morgan fingerprint density at radius 3 is 2.36 bits per heavy atom. The van der Waals surface area contributed by atoms with E-state index in [1.807, 2.05) is 6.92 Å². The average Bonchev–Trinajstić information content (AvgIpc) is 2.18. The van der Waals surface area contributed by atoms with Crippen molar-refractivity contribution in [2.24, 2.45) is 0 Å². The molecule has 0 bridgehead atoms. The van der Waals surface area contributed by atoms with Gasteiger partial charge in [-0.2, -0.15) is 0 Å². The molecule has 0 rings (SSSR count). The molecule has 0 unspecified atom stereocenters. The molecule has 0 fully saturated rings. The first-order valence-electron chi connectivity index (χ1n) is 4.30. The molecule has 0 spiro atoms. The van der Waals surface area contributed by atoms with Crippen LogP contribution in [0.15, 0.2) is 0 Å². The molecule has 0 heterocycles. The van der Waals surface area contributed by atoms with Gasteiger partial charge >= 0.3 is 7.60 Å². The lowest BCUT2D eigenvalue weighted by atomic mass is 10.3. The number of carbonyl (C=O) groups is 1. The van der Waals surface area contributed by atoms with E-state index in [9.17, 15) is 9.36 Å². The second-order valence-electron chi connectivity index (χ2n) is 2.61. The molecule has 0 aliphatic carbocycles. The molecule has 4 nitrogen and oxygen atoms in total. The van der Waals surface area contributed by atoms with Crippen molar-refractivity contribution < 1.29 is 18.4 Å². The highest BCUT2D eigenvalue weighted by Gasteiger charge is 2.24. The van der Waals surface area contributed by atoms with Crippen molar-refractivity contribution in [3.63, 3.8) is 0 Å². The highest BCUT2D eigenvalue weighted by Crippen LogP contribution is 2.45. The largest absolute Gasteiger partial charge is 0.338 e. The van der Waals surface area contributed by atoms with Crippen LogP contribution in [-0.2, 0) is 18.4 Å². The standard InChI is InChI=1S/C9H15O4P/c1-4-5-6-7-9(10)8-14(11,12-2)13-3/h4-5,8H2,1-3H3. The highest BCUT2D eigenvalue weighted by atomic mass is 31.2. The maximum atomic E-state index is 11.5. The van der Waals surface area contributed by atoms with Crippen LogP contribution in [-0.4, -0.2) is 26.2 Å². The molecule has 0 aliphatic rings. The quantitative estimate of drug-likeness (QED) is 0.401. The van der Waals surface area contributed by atoms with E-state index in [1.165, 1.54) is 14.2 Å². The fourth-order valence-corrected chi connectivity index (χ4v) is 1.54. The van der Waals surface area contributed by atoms with Crippen molar-refractivity contribution in [2.75, 3.05) is 20.4 Å². The van der Waals surface area contributed by atoms with E-state index in [-0.39, 0.29) is 6.16 Å². The van der Waals surface area contributed by atoms with Crippen LogP contribution < -0.4 is 0 Å².